The Kier molecular flexibility index (Phi) is 7.85. The highest BCUT2D eigenvalue weighted by Crippen LogP contribution is 2.41. The van der Waals surface area contributed by atoms with Gasteiger partial charge in [0.05, 0.1) is 5.69 Å². The van der Waals surface area contributed by atoms with Gasteiger partial charge < -0.3 is 0 Å². The van der Waals surface area contributed by atoms with Gasteiger partial charge in [-0.05, 0) is 95.5 Å². The Bertz CT molecular complexity index is 2980. The Morgan fingerprint density at radius 2 is 0.833 bits per heavy atom. The summed E-state index contributed by atoms with van der Waals surface area (Å²) in [5.74, 6) is 0.705. The molecule has 0 fully saturated rings. The van der Waals surface area contributed by atoms with Gasteiger partial charge in [-0.3, -0.25) is 0 Å². The molecule has 0 saturated heterocycles. The van der Waals surface area contributed by atoms with Crippen molar-refractivity contribution in [3.05, 3.63) is 206 Å². The molecule has 1 aromatic heterocycles. The largest absolute Gasteiger partial charge is 0.236 e. The van der Waals surface area contributed by atoms with E-state index < -0.39 is 0 Å². The molecule has 10 aromatic rings. The maximum atomic E-state index is 5.27. The van der Waals surface area contributed by atoms with E-state index in [0.29, 0.717) is 5.82 Å². The van der Waals surface area contributed by atoms with Gasteiger partial charge in [0.1, 0.15) is 0 Å². The summed E-state index contributed by atoms with van der Waals surface area (Å²) in [5.41, 5.74) is 12.1. The van der Waals surface area contributed by atoms with Gasteiger partial charge in [0.2, 0.25) is 0 Å². The second-order valence-electron chi connectivity index (χ2n) is 13.8. The molecule has 0 aliphatic carbocycles. The minimum absolute atomic E-state index is 0.705. The zero-order valence-corrected chi connectivity index (χ0v) is 29.5. The van der Waals surface area contributed by atoms with Crippen molar-refractivity contribution >= 4 is 32.3 Å². The molecule has 54 heavy (non-hydrogen) atoms. The van der Waals surface area contributed by atoms with Crippen molar-refractivity contribution < 1.29 is 0 Å². The molecule has 0 aliphatic rings. The zero-order chi connectivity index (χ0) is 35.8. The fraction of sp³-hybridized carbons (Fsp3) is 0. The molecular weight excluding hydrogens is 653 g/mol. The number of rotatable bonds is 6. The summed E-state index contributed by atoms with van der Waals surface area (Å²) in [6.45, 7) is 0. The zero-order valence-electron chi connectivity index (χ0n) is 29.5. The maximum Gasteiger partial charge on any atom is 0.159 e. The highest BCUT2D eigenvalue weighted by molar-refractivity contribution is 6.20. The molecule has 1 heterocycles. The molecule has 0 radical (unpaired) electrons. The summed E-state index contributed by atoms with van der Waals surface area (Å²) < 4.78 is 0. The van der Waals surface area contributed by atoms with E-state index in [4.69, 9.17) is 9.97 Å². The summed E-state index contributed by atoms with van der Waals surface area (Å²) in [5, 5.41) is 7.55. The van der Waals surface area contributed by atoms with Gasteiger partial charge >= 0.3 is 0 Å². The van der Waals surface area contributed by atoms with Crippen molar-refractivity contribution in [3.63, 3.8) is 0 Å². The molecule has 9 aromatic carbocycles. The van der Waals surface area contributed by atoms with E-state index in [9.17, 15) is 0 Å². The third-order valence-corrected chi connectivity index (χ3v) is 10.5. The van der Waals surface area contributed by atoms with Crippen LogP contribution in [-0.4, -0.2) is 9.97 Å². The third kappa shape index (κ3) is 5.71. The summed E-state index contributed by atoms with van der Waals surface area (Å²) in [6, 6.07) is 71.5. The van der Waals surface area contributed by atoms with Crippen molar-refractivity contribution in [1.29, 1.82) is 0 Å². The second-order valence-corrected chi connectivity index (χ2v) is 13.8. The first kappa shape index (κ1) is 31.6. The number of hydrogen-bond acceptors (Lipinski definition) is 2. The van der Waals surface area contributed by atoms with Crippen molar-refractivity contribution in [2.45, 2.75) is 0 Å². The predicted molar refractivity (Wildman–Crippen MR) is 227 cm³/mol. The first-order valence-electron chi connectivity index (χ1n) is 18.4. The molecule has 0 saturated carbocycles. The van der Waals surface area contributed by atoms with Gasteiger partial charge in [-0.2, -0.15) is 0 Å². The van der Waals surface area contributed by atoms with Crippen LogP contribution in [0, 0.1) is 0 Å². The molecule has 0 N–H and O–H groups in total. The Balaban J connectivity index is 1.12. The molecule has 2 heteroatoms. The Hall–Kier alpha value is -7.16. The van der Waals surface area contributed by atoms with Crippen LogP contribution in [0.5, 0.6) is 0 Å². The Labute approximate surface area is 314 Å². The van der Waals surface area contributed by atoms with Gasteiger partial charge in [-0.15, -0.1) is 0 Å². The second kappa shape index (κ2) is 13.4. The average molecular weight is 687 g/mol. The average Bonchev–Trinajstić information content (AvgIpc) is 3.26. The normalized spacial score (nSPS) is 11.3. The smallest absolute Gasteiger partial charge is 0.159 e. The van der Waals surface area contributed by atoms with Crippen LogP contribution in [0.1, 0.15) is 0 Å². The monoisotopic (exact) mass is 686 g/mol. The maximum absolute atomic E-state index is 5.27. The lowest BCUT2D eigenvalue weighted by Crippen LogP contribution is -1.96. The van der Waals surface area contributed by atoms with E-state index in [1.165, 1.54) is 49.0 Å². The summed E-state index contributed by atoms with van der Waals surface area (Å²) in [7, 11) is 0. The van der Waals surface area contributed by atoms with E-state index in [1.54, 1.807) is 0 Å². The highest BCUT2D eigenvalue weighted by atomic mass is 14.9. The summed E-state index contributed by atoms with van der Waals surface area (Å²) >= 11 is 0. The van der Waals surface area contributed by atoms with Crippen LogP contribution in [0.2, 0.25) is 0 Å². The number of nitrogens with zero attached hydrogens (tertiary/aromatic N) is 2. The molecule has 0 amide bonds. The topological polar surface area (TPSA) is 25.8 Å². The molecule has 0 bridgehead atoms. The van der Waals surface area contributed by atoms with Gasteiger partial charge in [-0.1, -0.05) is 176 Å². The number of hydrogen-bond donors (Lipinski definition) is 0. The fourth-order valence-corrected chi connectivity index (χ4v) is 7.87. The van der Waals surface area contributed by atoms with E-state index in [0.717, 1.165) is 44.6 Å². The van der Waals surface area contributed by atoms with Crippen LogP contribution in [0.4, 0.5) is 0 Å². The molecule has 0 aliphatic heterocycles. The minimum Gasteiger partial charge on any atom is -0.236 e. The van der Waals surface area contributed by atoms with Crippen molar-refractivity contribution in [2.75, 3.05) is 0 Å². The van der Waals surface area contributed by atoms with E-state index in [-0.39, 0.29) is 0 Å². The number of fused-ring (bicyclic) bond motifs is 4. The molecule has 2 nitrogen and oxygen atoms in total. The molecular formula is C52H34N2. The standard InChI is InChI=1S/C52H34N2/c1-3-14-35(15-4-1)38-20-11-23-41(30-38)49-34-53-52(37-17-5-2-6-18-37)54-51(49)44-25-13-22-40(32-44)39-21-12-24-43(31-39)50-46-27-10-8-19-42(46)33-48-45-26-9-7-16-36(45)28-29-47(48)50/h1-34H. The number of benzene rings is 9. The van der Waals surface area contributed by atoms with E-state index >= 15 is 0 Å². The summed E-state index contributed by atoms with van der Waals surface area (Å²) in [4.78, 5) is 10.2. The predicted octanol–water partition coefficient (Wildman–Crippen LogP) is 13.9. The van der Waals surface area contributed by atoms with Crippen molar-refractivity contribution in [3.8, 4) is 67.2 Å². The van der Waals surface area contributed by atoms with Crippen LogP contribution in [0.15, 0.2) is 206 Å². The van der Waals surface area contributed by atoms with Crippen LogP contribution >= 0.6 is 0 Å². The molecule has 10 rings (SSSR count). The van der Waals surface area contributed by atoms with Crippen LogP contribution in [0.25, 0.3) is 99.5 Å². The number of aromatic nitrogens is 2. The highest BCUT2D eigenvalue weighted by Gasteiger charge is 2.16. The Morgan fingerprint density at radius 1 is 0.296 bits per heavy atom. The van der Waals surface area contributed by atoms with Gasteiger partial charge in [-0.25, -0.2) is 9.97 Å². The van der Waals surface area contributed by atoms with Gasteiger partial charge in [0.15, 0.2) is 5.82 Å². The van der Waals surface area contributed by atoms with E-state index in [1.807, 2.05) is 24.4 Å². The summed E-state index contributed by atoms with van der Waals surface area (Å²) in [6.07, 6.45) is 1.98. The fourth-order valence-electron chi connectivity index (χ4n) is 7.87. The first-order valence-corrected chi connectivity index (χ1v) is 18.4. The lowest BCUT2D eigenvalue weighted by Gasteiger charge is -2.16. The Morgan fingerprint density at radius 3 is 1.59 bits per heavy atom. The molecule has 0 unspecified atom stereocenters. The van der Waals surface area contributed by atoms with Crippen LogP contribution < -0.4 is 0 Å². The quantitative estimate of drug-likeness (QED) is 0.129. The van der Waals surface area contributed by atoms with Crippen molar-refractivity contribution in [1.82, 2.24) is 9.97 Å². The van der Waals surface area contributed by atoms with Crippen molar-refractivity contribution in [2.24, 2.45) is 0 Å². The van der Waals surface area contributed by atoms with E-state index in [2.05, 4.69) is 182 Å². The lowest BCUT2D eigenvalue weighted by molar-refractivity contribution is 1.18. The van der Waals surface area contributed by atoms with Crippen LogP contribution in [-0.2, 0) is 0 Å². The molecule has 0 spiro atoms. The van der Waals surface area contributed by atoms with Gasteiger partial charge in [0.25, 0.3) is 0 Å². The molecule has 252 valence electrons. The lowest BCUT2D eigenvalue weighted by atomic mass is 9.88. The first-order chi connectivity index (χ1) is 26.8. The molecule has 0 atom stereocenters. The minimum atomic E-state index is 0.705. The third-order valence-electron chi connectivity index (χ3n) is 10.5. The van der Waals surface area contributed by atoms with Crippen LogP contribution in [0.3, 0.4) is 0 Å². The van der Waals surface area contributed by atoms with Gasteiger partial charge in [0, 0.05) is 22.9 Å². The SMILES string of the molecule is c1ccc(-c2cccc(-c3cnc(-c4ccccc4)nc3-c3cccc(-c4cccc(-c5c6ccccc6cc6c5ccc5ccccc56)c4)c3)c2)cc1.